The summed E-state index contributed by atoms with van der Waals surface area (Å²) in [6.45, 7) is 1.04. The Morgan fingerprint density at radius 1 is 1.38 bits per heavy atom. The lowest BCUT2D eigenvalue weighted by molar-refractivity contribution is -0.137. The van der Waals surface area contributed by atoms with Gasteiger partial charge < -0.3 is 9.64 Å². The number of carbonyl (C=O) groups is 2. The molecule has 0 bridgehead atoms. The van der Waals surface area contributed by atoms with E-state index in [0.717, 1.165) is 0 Å². The fourth-order valence-electron chi connectivity index (χ4n) is 2.30. The number of likely N-dealkylation sites (tertiary alicyclic amines) is 1. The van der Waals surface area contributed by atoms with Gasteiger partial charge in [-0.25, -0.2) is 5.84 Å². The topological polar surface area (TPSA) is 84.7 Å². The highest BCUT2D eigenvalue weighted by Gasteiger charge is 2.26. The molecule has 0 unspecified atom stereocenters. The first-order valence-corrected chi connectivity index (χ1v) is 7.14. The molecule has 1 saturated heterocycles. The molecule has 0 aromatic heterocycles. The number of hydrogen-bond donors (Lipinski definition) is 2. The number of benzene rings is 1. The molecule has 1 fully saturated rings. The number of ether oxygens (including phenoxy) is 1. The maximum Gasteiger partial charge on any atom is 0.260 e. The summed E-state index contributed by atoms with van der Waals surface area (Å²) in [5.41, 5.74) is 2.15. The van der Waals surface area contributed by atoms with Gasteiger partial charge in [0.1, 0.15) is 5.75 Å². The third-order valence-electron chi connectivity index (χ3n) is 3.52. The van der Waals surface area contributed by atoms with Crippen LogP contribution in [-0.2, 0) is 9.59 Å². The van der Waals surface area contributed by atoms with E-state index in [1.165, 1.54) is 0 Å². The maximum absolute atomic E-state index is 12.0. The van der Waals surface area contributed by atoms with Crippen molar-refractivity contribution in [3.8, 4) is 5.75 Å². The van der Waals surface area contributed by atoms with Crippen molar-refractivity contribution in [3.05, 3.63) is 29.3 Å². The summed E-state index contributed by atoms with van der Waals surface area (Å²) >= 11 is 5.84. The highest BCUT2D eigenvalue weighted by Crippen LogP contribution is 2.19. The average Bonchev–Trinajstić information content (AvgIpc) is 2.52. The Labute approximate surface area is 128 Å². The Balaban J connectivity index is 1.78. The van der Waals surface area contributed by atoms with Gasteiger partial charge in [-0.05, 0) is 31.0 Å². The molecule has 7 heteroatoms. The Kier molecular flexibility index (Phi) is 5.41. The Hall–Kier alpha value is -1.79. The molecule has 0 radical (unpaired) electrons. The van der Waals surface area contributed by atoms with Gasteiger partial charge in [0.2, 0.25) is 5.91 Å². The number of carbonyl (C=O) groups excluding carboxylic acids is 2. The Morgan fingerprint density at radius 3 is 2.71 bits per heavy atom. The quantitative estimate of drug-likeness (QED) is 0.492. The zero-order chi connectivity index (χ0) is 15.2. The number of halogens is 1. The molecule has 1 aromatic rings. The van der Waals surface area contributed by atoms with Gasteiger partial charge in [-0.2, -0.15) is 0 Å². The van der Waals surface area contributed by atoms with E-state index in [9.17, 15) is 9.59 Å². The molecule has 114 valence electrons. The molecule has 2 rings (SSSR count). The van der Waals surface area contributed by atoms with Crippen molar-refractivity contribution >= 4 is 23.4 Å². The minimum Gasteiger partial charge on any atom is -0.484 e. The number of amides is 2. The molecule has 1 heterocycles. The number of nitrogens with two attached hydrogens (primary N) is 1. The number of piperidine rings is 1. The van der Waals surface area contributed by atoms with Crippen LogP contribution in [0.1, 0.15) is 12.8 Å². The van der Waals surface area contributed by atoms with Gasteiger partial charge in [0.25, 0.3) is 5.91 Å². The van der Waals surface area contributed by atoms with E-state index in [-0.39, 0.29) is 24.3 Å². The zero-order valence-corrected chi connectivity index (χ0v) is 12.3. The molecule has 0 atom stereocenters. The average molecular weight is 312 g/mol. The summed E-state index contributed by atoms with van der Waals surface area (Å²) in [5, 5.41) is 0.563. The molecule has 1 aromatic carbocycles. The number of nitrogens with one attached hydrogen (secondary N) is 1. The molecule has 0 saturated carbocycles. The van der Waals surface area contributed by atoms with Gasteiger partial charge in [-0.1, -0.05) is 17.7 Å². The van der Waals surface area contributed by atoms with Crippen LogP contribution in [0.15, 0.2) is 24.3 Å². The third kappa shape index (κ3) is 4.34. The third-order valence-corrected chi connectivity index (χ3v) is 3.75. The molecule has 6 nitrogen and oxygen atoms in total. The lowest BCUT2D eigenvalue weighted by Gasteiger charge is -2.30. The number of hydrazine groups is 1. The molecule has 1 aliphatic heterocycles. The molecule has 3 N–H and O–H groups in total. The van der Waals surface area contributed by atoms with E-state index in [0.29, 0.717) is 36.7 Å². The van der Waals surface area contributed by atoms with Crippen molar-refractivity contribution < 1.29 is 14.3 Å². The van der Waals surface area contributed by atoms with E-state index in [1.807, 2.05) is 0 Å². The van der Waals surface area contributed by atoms with Gasteiger partial charge in [-0.15, -0.1) is 0 Å². The van der Waals surface area contributed by atoms with E-state index in [1.54, 1.807) is 29.2 Å². The van der Waals surface area contributed by atoms with Crippen molar-refractivity contribution in [3.63, 3.8) is 0 Å². The SMILES string of the molecule is NNC(=O)C1CCN(C(=O)COc2cccc(Cl)c2)CC1. The summed E-state index contributed by atoms with van der Waals surface area (Å²) in [5.74, 6) is 5.29. The van der Waals surface area contributed by atoms with Gasteiger partial charge in [0.15, 0.2) is 6.61 Å². The first kappa shape index (κ1) is 15.6. The molecular weight excluding hydrogens is 294 g/mol. The van der Waals surface area contributed by atoms with Crippen LogP contribution < -0.4 is 16.0 Å². The van der Waals surface area contributed by atoms with Crippen molar-refractivity contribution in [1.82, 2.24) is 10.3 Å². The van der Waals surface area contributed by atoms with Gasteiger partial charge in [0, 0.05) is 24.0 Å². The number of nitrogens with zero attached hydrogens (tertiary/aromatic N) is 1. The van der Waals surface area contributed by atoms with Crippen LogP contribution in [0.5, 0.6) is 5.75 Å². The summed E-state index contributed by atoms with van der Waals surface area (Å²) in [7, 11) is 0. The largest absolute Gasteiger partial charge is 0.484 e. The lowest BCUT2D eigenvalue weighted by atomic mass is 9.96. The second-order valence-corrected chi connectivity index (χ2v) is 5.35. The van der Waals surface area contributed by atoms with Crippen LogP contribution in [0.2, 0.25) is 5.02 Å². The highest BCUT2D eigenvalue weighted by molar-refractivity contribution is 6.30. The number of rotatable bonds is 4. The summed E-state index contributed by atoms with van der Waals surface area (Å²) in [6.07, 6.45) is 1.23. The smallest absolute Gasteiger partial charge is 0.260 e. The van der Waals surface area contributed by atoms with Crippen molar-refractivity contribution in [2.45, 2.75) is 12.8 Å². The van der Waals surface area contributed by atoms with Gasteiger partial charge >= 0.3 is 0 Å². The first-order valence-electron chi connectivity index (χ1n) is 6.76. The fourth-order valence-corrected chi connectivity index (χ4v) is 2.48. The minimum atomic E-state index is -0.169. The zero-order valence-electron chi connectivity index (χ0n) is 11.5. The Morgan fingerprint density at radius 2 is 2.10 bits per heavy atom. The summed E-state index contributed by atoms with van der Waals surface area (Å²) < 4.78 is 5.42. The second-order valence-electron chi connectivity index (χ2n) is 4.91. The molecular formula is C14H18ClN3O3. The van der Waals surface area contributed by atoms with Crippen molar-refractivity contribution in [2.75, 3.05) is 19.7 Å². The maximum atomic E-state index is 12.0. The monoisotopic (exact) mass is 311 g/mol. The standard InChI is InChI=1S/C14H18ClN3O3/c15-11-2-1-3-12(8-11)21-9-13(19)18-6-4-10(5-7-18)14(20)17-16/h1-3,8,10H,4-7,9,16H2,(H,17,20). The van der Waals surface area contributed by atoms with E-state index >= 15 is 0 Å². The molecule has 2 amide bonds. The van der Waals surface area contributed by atoms with Crippen LogP contribution >= 0.6 is 11.6 Å². The predicted octanol–water partition coefficient (Wildman–Crippen LogP) is 0.947. The highest BCUT2D eigenvalue weighted by atomic mass is 35.5. The molecule has 0 aliphatic carbocycles. The van der Waals surface area contributed by atoms with E-state index in [4.69, 9.17) is 22.2 Å². The van der Waals surface area contributed by atoms with E-state index < -0.39 is 0 Å². The molecule has 0 spiro atoms. The van der Waals surface area contributed by atoms with E-state index in [2.05, 4.69) is 5.43 Å². The van der Waals surface area contributed by atoms with Crippen LogP contribution in [0.4, 0.5) is 0 Å². The predicted molar refractivity (Wildman–Crippen MR) is 78.6 cm³/mol. The normalized spacial score (nSPS) is 15.6. The van der Waals surface area contributed by atoms with Gasteiger partial charge in [-0.3, -0.25) is 15.0 Å². The van der Waals surface area contributed by atoms with Crippen molar-refractivity contribution in [2.24, 2.45) is 11.8 Å². The lowest BCUT2D eigenvalue weighted by Crippen LogP contribution is -2.45. The number of hydrogen-bond acceptors (Lipinski definition) is 4. The van der Waals surface area contributed by atoms with Crippen LogP contribution in [0.25, 0.3) is 0 Å². The Bertz CT molecular complexity index is 516. The molecule has 21 heavy (non-hydrogen) atoms. The molecule has 1 aliphatic rings. The van der Waals surface area contributed by atoms with Crippen LogP contribution in [0.3, 0.4) is 0 Å². The minimum absolute atomic E-state index is 0.0336. The van der Waals surface area contributed by atoms with Gasteiger partial charge in [0.05, 0.1) is 0 Å². The fraction of sp³-hybridized carbons (Fsp3) is 0.429. The summed E-state index contributed by atoms with van der Waals surface area (Å²) in [6, 6.07) is 6.91. The van der Waals surface area contributed by atoms with Crippen LogP contribution in [-0.4, -0.2) is 36.4 Å². The first-order chi connectivity index (χ1) is 10.1. The van der Waals surface area contributed by atoms with Crippen molar-refractivity contribution in [1.29, 1.82) is 0 Å². The van der Waals surface area contributed by atoms with Crippen LogP contribution in [0, 0.1) is 5.92 Å². The second kappa shape index (κ2) is 7.28. The summed E-state index contributed by atoms with van der Waals surface area (Å²) in [4.78, 5) is 25.2.